The summed E-state index contributed by atoms with van der Waals surface area (Å²) in [6, 6.07) is 13.9. The average molecular weight is 487 g/mol. The Kier molecular flexibility index (Phi) is 6.56. The molecular weight excluding hydrogens is 462 g/mol. The summed E-state index contributed by atoms with van der Waals surface area (Å²) in [6.45, 7) is 1.68. The van der Waals surface area contributed by atoms with Crippen molar-refractivity contribution in [1.82, 2.24) is 4.90 Å². The fraction of sp³-hybridized carbons (Fsp3) is 0.240. The molecule has 3 aromatic carbocycles. The molecule has 4 rings (SSSR count). The number of amides is 1. The molecule has 178 valence electrons. The van der Waals surface area contributed by atoms with E-state index in [0.717, 1.165) is 25.0 Å². The van der Waals surface area contributed by atoms with Crippen LogP contribution in [0.25, 0.3) is 0 Å². The number of nitrogens with zero attached hydrogens (tertiary/aromatic N) is 1. The molecule has 0 spiro atoms. The van der Waals surface area contributed by atoms with Crippen molar-refractivity contribution < 1.29 is 26.7 Å². The quantitative estimate of drug-likeness (QED) is 0.492. The Bertz CT molecular complexity index is 1320. The highest BCUT2D eigenvalue weighted by molar-refractivity contribution is 7.92. The lowest BCUT2D eigenvalue weighted by molar-refractivity contribution is 0.0727. The molecule has 0 radical (unpaired) electrons. The molecule has 0 bridgehead atoms. The summed E-state index contributed by atoms with van der Waals surface area (Å²) in [5.74, 6) is -1.23. The van der Waals surface area contributed by atoms with Crippen LogP contribution < -0.4 is 9.46 Å². The number of anilines is 1. The van der Waals surface area contributed by atoms with Crippen LogP contribution >= 0.6 is 0 Å². The molecule has 0 aromatic heterocycles. The highest BCUT2D eigenvalue weighted by Crippen LogP contribution is 2.31. The van der Waals surface area contributed by atoms with Crippen molar-refractivity contribution in [2.24, 2.45) is 0 Å². The van der Waals surface area contributed by atoms with Gasteiger partial charge in [0.1, 0.15) is 17.4 Å². The minimum Gasteiger partial charge on any atom is -0.497 e. The van der Waals surface area contributed by atoms with Gasteiger partial charge in [-0.3, -0.25) is 9.52 Å². The predicted octanol–water partition coefficient (Wildman–Crippen LogP) is 4.89. The van der Waals surface area contributed by atoms with Gasteiger partial charge in [0.25, 0.3) is 15.9 Å². The zero-order valence-electron chi connectivity index (χ0n) is 18.7. The minimum absolute atomic E-state index is 0.0316. The van der Waals surface area contributed by atoms with Crippen LogP contribution in [0.4, 0.5) is 14.5 Å². The first-order chi connectivity index (χ1) is 16.2. The fourth-order valence-corrected chi connectivity index (χ4v) is 4.70. The molecule has 0 saturated heterocycles. The van der Waals surface area contributed by atoms with Crippen molar-refractivity contribution >= 4 is 21.6 Å². The summed E-state index contributed by atoms with van der Waals surface area (Å²) in [5, 5.41) is 0. The number of hydrogen-bond donors (Lipinski definition) is 1. The van der Waals surface area contributed by atoms with E-state index in [-0.39, 0.29) is 28.6 Å². The van der Waals surface area contributed by atoms with Crippen molar-refractivity contribution in [1.29, 1.82) is 0 Å². The van der Waals surface area contributed by atoms with Gasteiger partial charge >= 0.3 is 0 Å². The van der Waals surface area contributed by atoms with Crippen LogP contribution in [0, 0.1) is 18.6 Å². The number of aryl methyl sites for hydroxylation is 1. The first-order valence-corrected chi connectivity index (χ1v) is 12.2. The Morgan fingerprint density at radius 1 is 1.06 bits per heavy atom. The first kappa shape index (κ1) is 23.7. The molecule has 6 nitrogen and oxygen atoms in total. The number of carbonyl (C=O) groups is 1. The number of ether oxygens (including phenoxy) is 1. The number of benzene rings is 3. The second-order valence-corrected chi connectivity index (χ2v) is 9.89. The SMILES string of the molecule is COc1ccc(NS(=O)(=O)c2ccc(C)c(C(=O)N(Cc3ccc(F)cc3F)C3CC3)c2)cc1. The van der Waals surface area contributed by atoms with Crippen LogP contribution in [0.15, 0.2) is 65.6 Å². The van der Waals surface area contributed by atoms with Gasteiger partial charge < -0.3 is 9.64 Å². The summed E-state index contributed by atoms with van der Waals surface area (Å²) in [4.78, 5) is 14.9. The second-order valence-electron chi connectivity index (χ2n) is 8.21. The zero-order chi connectivity index (χ0) is 24.5. The van der Waals surface area contributed by atoms with Crippen LogP contribution in [0.5, 0.6) is 5.75 Å². The third-order valence-electron chi connectivity index (χ3n) is 5.70. The number of carbonyl (C=O) groups excluding carboxylic acids is 1. The first-order valence-electron chi connectivity index (χ1n) is 10.7. The highest BCUT2D eigenvalue weighted by atomic mass is 32.2. The molecule has 34 heavy (non-hydrogen) atoms. The van der Waals surface area contributed by atoms with Crippen molar-refractivity contribution in [3.63, 3.8) is 0 Å². The van der Waals surface area contributed by atoms with Gasteiger partial charge in [-0.15, -0.1) is 0 Å². The maximum Gasteiger partial charge on any atom is 0.261 e. The van der Waals surface area contributed by atoms with Gasteiger partial charge in [-0.25, -0.2) is 17.2 Å². The second kappa shape index (κ2) is 9.42. The number of sulfonamides is 1. The Morgan fingerprint density at radius 2 is 1.76 bits per heavy atom. The molecule has 0 atom stereocenters. The smallest absolute Gasteiger partial charge is 0.261 e. The Labute approximate surface area is 197 Å². The molecule has 0 aliphatic heterocycles. The Morgan fingerprint density at radius 3 is 2.38 bits per heavy atom. The van der Waals surface area contributed by atoms with Crippen molar-refractivity contribution in [3.05, 3.63) is 89.0 Å². The third kappa shape index (κ3) is 5.20. The molecule has 1 N–H and O–H groups in total. The standard InChI is InChI=1S/C25H24F2N2O4S/c1-16-3-12-22(34(31,32)28-19-6-10-21(33-2)11-7-19)14-23(16)25(30)29(20-8-9-20)15-17-4-5-18(26)13-24(17)27/h3-7,10-14,20,28H,8-9,15H2,1-2H3. The molecule has 1 saturated carbocycles. The molecule has 9 heteroatoms. The van der Waals surface area contributed by atoms with Crippen molar-refractivity contribution in [2.75, 3.05) is 11.8 Å². The number of nitrogens with one attached hydrogen (secondary N) is 1. The van der Waals surface area contributed by atoms with E-state index in [1.54, 1.807) is 37.3 Å². The summed E-state index contributed by atoms with van der Waals surface area (Å²) in [5.41, 5.74) is 1.36. The largest absolute Gasteiger partial charge is 0.497 e. The molecule has 1 aliphatic carbocycles. The number of hydrogen-bond acceptors (Lipinski definition) is 4. The lowest BCUT2D eigenvalue weighted by Crippen LogP contribution is -2.33. The molecule has 0 unspecified atom stereocenters. The van der Waals surface area contributed by atoms with Gasteiger partial charge in [0, 0.05) is 35.5 Å². The van der Waals surface area contributed by atoms with Crippen LogP contribution in [0.2, 0.25) is 0 Å². The van der Waals surface area contributed by atoms with E-state index in [1.165, 1.54) is 30.2 Å². The minimum atomic E-state index is -3.97. The molecular formula is C25H24F2N2O4S. The zero-order valence-corrected chi connectivity index (χ0v) is 19.5. The van der Waals surface area contributed by atoms with Crippen LogP contribution in [0.1, 0.15) is 34.3 Å². The number of halogens is 2. The normalized spacial score (nSPS) is 13.4. The van der Waals surface area contributed by atoms with Crippen LogP contribution in [-0.4, -0.2) is 32.4 Å². The maximum atomic E-state index is 14.2. The third-order valence-corrected chi connectivity index (χ3v) is 7.08. The van der Waals surface area contributed by atoms with Gasteiger partial charge in [-0.2, -0.15) is 0 Å². The van der Waals surface area contributed by atoms with E-state index in [9.17, 15) is 22.0 Å². The Hall–Kier alpha value is -3.46. The summed E-state index contributed by atoms with van der Waals surface area (Å²) >= 11 is 0. The van der Waals surface area contributed by atoms with Gasteiger partial charge in [0.2, 0.25) is 0 Å². The van der Waals surface area contributed by atoms with Crippen LogP contribution in [0.3, 0.4) is 0 Å². The maximum absolute atomic E-state index is 14.2. The topological polar surface area (TPSA) is 75.7 Å². The van der Waals surface area contributed by atoms with E-state index in [0.29, 0.717) is 17.0 Å². The molecule has 0 heterocycles. The van der Waals surface area contributed by atoms with Crippen molar-refractivity contribution in [2.45, 2.75) is 37.2 Å². The monoisotopic (exact) mass is 486 g/mol. The average Bonchev–Trinajstić information content (AvgIpc) is 3.64. The van der Waals surface area contributed by atoms with Crippen LogP contribution in [-0.2, 0) is 16.6 Å². The van der Waals surface area contributed by atoms with Gasteiger partial charge in [-0.05, 0) is 67.8 Å². The lowest BCUT2D eigenvalue weighted by Gasteiger charge is -2.24. The van der Waals surface area contributed by atoms with E-state index in [4.69, 9.17) is 4.74 Å². The molecule has 1 aliphatic rings. The van der Waals surface area contributed by atoms with Crippen molar-refractivity contribution in [3.8, 4) is 5.75 Å². The Balaban J connectivity index is 1.61. The van der Waals surface area contributed by atoms with E-state index < -0.39 is 27.6 Å². The summed E-state index contributed by atoms with van der Waals surface area (Å²) in [6.07, 6.45) is 1.54. The number of rotatable bonds is 8. The molecule has 1 fully saturated rings. The predicted molar refractivity (Wildman–Crippen MR) is 124 cm³/mol. The van der Waals surface area contributed by atoms with E-state index >= 15 is 0 Å². The summed E-state index contributed by atoms with van der Waals surface area (Å²) in [7, 11) is -2.46. The van der Waals surface area contributed by atoms with Gasteiger partial charge in [0.15, 0.2) is 0 Å². The molecule has 1 amide bonds. The fourth-order valence-electron chi connectivity index (χ4n) is 3.61. The lowest BCUT2D eigenvalue weighted by atomic mass is 10.1. The van der Waals surface area contributed by atoms with Gasteiger partial charge in [0.05, 0.1) is 12.0 Å². The van der Waals surface area contributed by atoms with E-state index in [1.807, 2.05) is 0 Å². The summed E-state index contributed by atoms with van der Waals surface area (Å²) < 4.78 is 61.1. The van der Waals surface area contributed by atoms with E-state index in [2.05, 4.69) is 4.72 Å². The number of methoxy groups -OCH3 is 1. The highest BCUT2D eigenvalue weighted by Gasteiger charge is 2.34. The van der Waals surface area contributed by atoms with Gasteiger partial charge in [-0.1, -0.05) is 12.1 Å². The molecule has 3 aromatic rings.